The summed E-state index contributed by atoms with van der Waals surface area (Å²) in [6.07, 6.45) is 0. The van der Waals surface area contributed by atoms with Crippen LogP contribution >= 0.6 is 22.7 Å². The van der Waals surface area contributed by atoms with Gasteiger partial charge >= 0.3 is 0 Å². The molecule has 0 spiro atoms. The lowest BCUT2D eigenvalue weighted by molar-refractivity contribution is 0.589. The van der Waals surface area contributed by atoms with Crippen molar-refractivity contribution < 1.29 is 4.42 Å². The van der Waals surface area contributed by atoms with Gasteiger partial charge in [-0.2, -0.15) is 0 Å². The van der Waals surface area contributed by atoms with Crippen LogP contribution in [0.15, 0.2) is 150 Å². The Morgan fingerprint density at radius 2 is 1.15 bits per heavy atom. The third-order valence-corrected chi connectivity index (χ3v) is 16.7. The van der Waals surface area contributed by atoms with Crippen molar-refractivity contribution in [3.05, 3.63) is 173 Å². The van der Waals surface area contributed by atoms with Crippen LogP contribution in [0.5, 0.6) is 0 Å². The second-order valence-electron chi connectivity index (χ2n) is 21.3. The lowest BCUT2D eigenvalue weighted by atomic mass is 9.33. The number of hydrogen-bond donors (Lipinski definition) is 0. The van der Waals surface area contributed by atoms with E-state index in [0.717, 1.165) is 17.2 Å². The van der Waals surface area contributed by atoms with Crippen LogP contribution in [0.2, 0.25) is 0 Å². The van der Waals surface area contributed by atoms with Crippen LogP contribution in [0.4, 0.5) is 34.3 Å². The average Bonchev–Trinajstić information content (AvgIpc) is 4.04. The molecule has 0 saturated heterocycles. The molecule has 0 N–H and O–H groups in total. The molecule has 0 radical (unpaired) electrons. The first-order valence-corrected chi connectivity index (χ1v) is 25.4. The largest absolute Gasteiger partial charge is 0.440 e. The summed E-state index contributed by atoms with van der Waals surface area (Å²) in [5, 5.41) is 3.75. The molecule has 0 unspecified atom stereocenters. The minimum absolute atomic E-state index is 0.00886. The van der Waals surface area contributed by atoms with Gasteiger partial charge in [-0.3, -0.25) is 4.90 Å². The van der Waals surface area contributed by atoms with Crippen molar-refractivity contribution in [1.82, 2.24) is 0 Å². The van der Waals surface area contributed by atoms with Crippen molar-refractivity contribution in [2.75, 3.05) is 9.80 Å². The number of thiophene rings is 2. The van der Waals surface area contributed by atoms with Gasteiger partial charge in [0.15, 0.2) is 0 Å². The number of fused-ring (bicyclic) bond motifs is 8. The molecule has 0 bridgehead atoms. The van der Waals surface area contributed by atoms with Crippen molar-refractivity contribution in [3.8, 4) is 20.9 Å². The smallest absolute Gasteiger partial charge is 0.257 e. The maximum absolute atomic E-state index is 7.34. The zero-order valence-electron chi connectivity index (χ0n) is 40.1. The Balaban J connectivity index is 1.19. The third-order valence-electron chi connectivity index (χ3n) is 14.3. The lowest BCUT2D eigenvalue weighted by Crippen LogP contribution is -2.61. The van der Waals surface area contributed by atoms with Crippen LogP contribution in [-0.4, -0.2) is 6.71 Å². The Morgan fingerprint density at radius 3 is 1.76 bits per heavy atom. The zero-order chi connectivity index (χ0) is 46.3. The van der Waals surface area contributed by atoms with Gasteiger partial charge in [0.05, 0.1) is 5.69 Å². The summed E-state index contributed by atoms with van der Waals surface area (Å²) in [7, 11) is 0. The Labute approximate surface area is 403 Å². The van der Waals surface area contributed by atoms with E-state index in [-0.39, 0.29) is 23.5 Å². The highest BCUT2D eigenvalue weighted by atomic mass is 32.1. The molecule has 3 aromatic heterocycles. The van der Waals surface area contributed by atoms with Crippen molar-refractivity contribution in [3.63, 3.8) is 0 Å². The Morgan fingerprint density at radius 1 is 0.537 bits per heavy atom. The molecule has 67 heavy (non-hydrogen) atoms. The van der Waals surface area contributed by atoms with Crippen molar-refractivity contribution in [2.45, 2.75) is 86.0 Å². The minimum atomic E-state index is -0.0862. The highest BCUT2D eigenvalue weighted by Gasteiger charge is 2.47. The summed E-state index contributed by atoms with van der Waals surface area (Å²) in [6.45, 7) is 23.0. The molecule has 0 amide bonds. The van der Waals surface area contributed by atoms with Gasteiger partial charge in [0.1, 0.15) is 5.58 Å². The molecular weight excluding hydrogens is 852 g/mol. The Hall–Kier alpha value is -6.34. The van der Waals surface area contributed by atoms with E-state index in [1.54, 1.807) is 0 Å². The number of rotatable bonds is 5. The molecule has 0 fully saturated rings. The summed E-state index contributed by atoms with van der Waals surface area (Å²) >= 11 is 3.74. The topological polar surface area (TPSA) is 19.6 Å². The quantitative estimate of drug-likeness (QED) is 0.160. The van der Waals surface area contributed by atoms with Crippen LogP contribution in [0, 0.1) is 13.8 Å². The summed E-state index contributed by atoms with van der Waals surface area (Å²) in [6, 6.07) is 55.5. The normalized spacial score (nSPS) is 13.6. The lowest BCUT2D eigenvalue weighted by Gasteiger charge is -2.43. The van der Waals surface area contributed by atoms with E-state index in [1.165, 1.54) is 113 Å². The van der Waals surface area contributed by atoms with Gasteiger partial charge in [0, 0.05) is 52.8 Å². The van der Waals surface area contributed by atoms with Gasteiger partial charge in [-0.05, 0) is 158 Å². The number of anilines is 6. The second-order valence-corrected chi connectivity index (χ2v) is 23.5. The molecule has 10 aromatic rings. The Bertz CT molecular complexity index is 3560. The first-order valence-electron chi connectivity index (χ1n) is 23.8. The van der Waals surface area contributed by atoms with Gasteiger partial charge in [0.25, 0.3) is 6.71 Å². The van der Waals surface area contributed by atoms with Crippen LogP contribution in [-0.2, 0) is 10.8 Å². The summed E-state index contributed by atoms with van der Waals surface area (Å²) in [4.78, 5) is 7.65. The van der Waals surface area contributed by atoms with Crippen LogP contribution < -0.4 is 26.2 Å². The van der Waals surface area contributed by atoms with Gasteiger partial charge in [-0.1, -0.05) is 134 Å². The molecule has 5 heterocycles. The summed E-state index contributed by atoms with van der Waals surface area (Å²) in [5.74, 6) is 1.19. The summed E-state index contributed by atoms with van der Waals surface area (Å²) in [5.41, 5.74) is 19.5. The van der Waals surface area contributed by atoms with E-state index in [9.17, 15) is 0 Å². The monoisotopic (exact) mass is 906 g/mol. The fourth-order valence-electron chi connectivity index (χ4n) is 10.8. The van der Waals surface area contributed by atoms with Crippen LogP contribution in [0.1, 0.15) is 89.1 Å². The summed E-state index contributed by atoms with van der Waals surface area (Å²) < 4.78 is 9.95. The van der Waals surface area contributed by atoms with Gasteiger partial charge in [0.2, 0.25) is 5.88 Å². The second kappa shape index (κ2) is 15.1. The Kier molecular flexibility index (Phi) is 9.47. The van der Waals surface area contributed by atoms with E-state index in [0.29, 0.717) is 0 Å². The van der Waals surface area contributed by atoms with Crippen LogP contribution in [0.3, 0.4) is 0 Å². The molecule has 3 nitrogen and oxygen atoms in total. The predicted octanol–water partition coefficient (Wildman–Crippen LogP) is 16.6. The van der Waals surface area contributed by atoms with Crippen LogP contribution in [0.25, 0.3) is 52.0 Å². The number of hydrogen-bond acceptors (Lipinski definition) is 5. The number of nitrogens with zero attached hydrogens (tertiary/aromatic N) is 2. The molecule has 0 aliphatic carbocycles. The molecule has 330 valence electrons. The minimum Gasteiger partial charge on any atom is -0.440 e. The standard InChI is InChI=1S/C61H55BN2OS2/c1-35(2)42-30-49-57-50(31-42)64(58-36(3)26-44(27-37(58)4)61(8,9)10)59-56(46-34-43(60(5,6)7)23-25-51(46)65-59)62(57)47-24-22-41(55-33-40-17-12-14-21-53(40)67-55)29-48(47)63(49)45-19-15-18-38(28-45)54-32-39-16-11-13-20-52(39)66-54/h11-35H,1-10H3. The van der Waals surface area contributed by atoms with Crippen molar-refractivity contribution in [1.29, 1.82) is 0 Å². The van der Waals surface area contributed by atoms with E-state index in [4.69, 9.17) is 4.42 Å². The van der Waals surface area contributed by atoms with E-state index in [1.807, 2.05) is 22.7 Å². The molecule has 2 aliphatic rings. The molecule has 6 heteroatoms. The van der Waals surface area contributed by atoms with Gasteiger partial charge in [-0.25, -0.2) is 0 Å². The predicted molar refractivity (Wildman–Crippen MR) is 293 cm³/mol. The van der Waals surface area contributed by atoms with Gasteiger partial charge < -0.3 is 9.32 Å². The first kappa shape index (κ1) is 42.0. The third kappa shape index (κ3) is 6.73. The number of benzene rings is 7. The van der Waals surface area contributed by atoms with E-state index < -0.39 is 0 Å². The molecule has 7 aromatic carbocycles. The molecule has 12 rings (SSSR count). The first-order chi connectivity index (χ1) is 32.1. The zero-order valence-corrected chi connectivity index (χ0v) is 41.8. The average molecular weight is 907 g/mol. The fourth-order valence-corrected chi connectivity index (χ4v) is 12.9. The number of aryl methyl sites for hydroxylation is 2. The van der Waals surface area contributed by atoms with E-state index in [2.05, 4.69) is 225 Å². The van der Waals surface area contributed by atoms with Crippen molar-refractivity contribution >= 4 is 111 Å². The number of furan rings is 1. The van der Waals surface area contributed by atoms with E-state index >= 15 is 0 Å². The van der Waals surface area contributed by atoms with Gasteiger partial charge in [-0.15, -0.1) is 22.7 Å². The maximum atomic E-state index is 7.34. The highest BCUT2D eigenvalue weighted by molar-refractivity contribution is 7.22. The van der Waals surface area contributed by atoms with Crippen molar-refractivity contribution in [2.24, 2.45) is 0 Å². The fraction of sp³-hybridized carbons (Fsp3) is 0.213. The molecule has 0 saturated carbocycles. The molecular formula is C61H55BN2OS2. The highest BCUT2D eigenvalue weighted by Crippen LogP contribution is 2.50. The molecule has 2 aliphatic heterocycles. The maximum Gasteiger partial charge on any atom is 0.257 e. The SMILES string of the molecule is Cc1cc(C(C)(C)C)cc(C)c1N1c2cc(C(C)C)cc3c2B(c2ccc(-c4cc5ccccc5s4)cc2N3c2cccc(-c3cc4ccccc4s3)c2)c2c1oc1ccc(C(C)(C)C)cc21. The molecule has 0 atom stereocenters.